The molecule has 0 bridgehead atoms. The van der Waals surface area contributed by atoms with E-state index in [1.54, 1.807) is 24.5 Å². The van der Waals surface area contributed by atoms with Crippen LogP contribution in [0.2, 0.25) is 0 Å². The van der Waals surface area contributed by atoms with Gasteiger partial charge in [-0.25, -0.2) is 4.79 Å². The molecule has 2 aromatic heterocycles. The number of ether oxygens (including phenoxy) is 1. The molecule has 0 saturated carbocycles. The molecule has 25 heavy (non-hydrogen) atoms. The van der Waals surface area contributed by atoms with Crippen molar-refractivity contribution < 1.29 is 18.5 Å². The second kappa shape index (κ2) is 7.41. The summed E-state index contributed by atoms with van der Waals surface area (Å²) in [5.41, 5.74) is 2.31. The normalized spacial score (nSPS) is 14.7. The fourth-order valence-electron chi connectivity index (χ4n) is 2.46. The summed E-state index contributed by atoms with van der Waals surface area (Å²) >= 11 is 3.88. The lowest BCUT2D eigenvalue weighted by Crippen LogP contribution is -2.05. The molecule has 0 spiro atoms. The van der Waals surface area contributed by atoms with Gasteiger partial charge in [0.1, 0.15) is 12.3 Å². The zero-order chi connectivity index (χ0) is 17.1. The Morgan fingerprint density at radius 1 is 1.16 bits per heavy atom. The maximum atomic E-state index is 12.2. The molecular formula is C18H15NO4S2. The highest BCUT2D eigenvalue weighted by Crippen LogP contribution is 2.45. The lowest BCUT2D eigenvalue weighted by molar-refractivity contribution is 0.0464. The van der Waals surface area contributed by atoms with Gasteiger partial charge in [0.15, 0.2) is 5.76 Å². The van der Waals surface area contributed by atoms with E-state index >= 15 is 0 Å². The van der Waals surface area contributed by atoms with E-state index in [-0.39, 0.29) is 12.6 Å². The van der Waals surface area contributed by atoms with E-state index in [0.717, 1.165) is 0 Å². The third-order valence-corrected chi connectivity index (χ3v) is 6.82. The number of hydrogen-bond acceptors (Lipinski definition) is 7. The number of carbonyl (C=O) groups is 1. The highest BCUT2D eigenvalue weighted by Gasteiger charge is 2.19. The standard InChI is InChI=1S/C18H15NO4S2/c20-17(12-3-5-13(6-4-12)18-24-8-9-25-18)22-11-14-10-16(23-19-14)15-2-1-7-21-15/h1-7,10,18H,8-9,11H2. The maximum Gasteiger partial charge on any atom is 0.338 e. The summed E-state index contributed by atoms with van der Waals surface area (Å²) in [5.74, 6) is 3.07. The molecule has 1 aliphatic rings. The Balaban J connectivity index is 1.35. The molecule has 1 saturated heterocycles. The van der Waals surface area contributed by atoms with Crippen LogP contribution in [0.3, 0.4) is 0 Å². The molecule has 0 aliphatic carbocycles. The van der Waals surface area contributed by atoms with E-state index in [4.69, 9.17) is 13.7 Å². The van der Waals surface area contributed by atoms with Crippen molar-refractivity contribution in [3.8, 4) is 11.5 Å². The molecule has 1 aromatic carbocycles. The molecule has 3 heterocycles. The first-order valence-electron chi connectivity index (χ1n) is 7.79. The minimum Gasteiger partial charge on any atom is -0.461 e. The third kappa shape index (κ3) is 3.77. The zero-order valence-electron chi connectivity index (χ0n) is 13.2. The van der Waals surface area contributed by atoms with Crippen LogP contribution in [0, 0.1) is 0 Å². The van der Waals surface area contributed by atoms with Gasteiger partial charge in [-0.3, -0.25) is 0 Å². The summed E-state index contributed by atoms with van der Waals surface area (Å²) in [5, 5.41) is 3.89. The Kier molecular flexibility index (Phi) is 4.85. The summed E-state index contributed by atoms with van der Waals surface area (Å²) in [4.78, 5) is 12.2. The lowest BCUT2D eigenvalue weighted by Gasteiger charge is -2.09. The van der Waals surface area contributed by atoms with Crippen molar-refractivity contribution in [1.82, 2.24) is 5.16 Å². The first-order valence-corrected chi connectivity index (χ1v) is 9.89. The fourth-order valence-corrected chi connectivity index (χ4v) is 5.32. The second-order valence-electron chi connectivity index (χ2n) is 5.43. The van der Waals surface area contributed by atoms with Crippen LogP contribution >= 0.6 is 23.5 Å². The van der Waals surface area contributed by atoms with Crippen molar-refractivity contribution in [1.29, 1.82) is 0 Å². The van der Waals surface area contributed by atoms with Gasteiger partial charge in [0.2, 0.25) is 5.76 Å². The lowest BCUT2D eigenvalue weighted by atomic mass is 10.1. The molecule has 0 atom stereocenters. The monoisotopic (exact) mass is 373 g/mol. The Hall–Kier alpha value is -2.12. The summed E-state index contributed by atoms with van der Waals surface area (Å²) in [6, 6.07) is 12.9. The van der Waals surface area contributed by atoms with Crippen molar-refractivity contribution in [2.75, 3.05) is 11.5 Å². The van der Waals surface area contributed by atoms with Crippen molar-refractivity contribution in [2.45, 2.75) is 11.2 Å². The van der Waals surface area contributed by atoms with Crippen LogP contribution in [0.4, 0.5) is 0 Å². The quantitative estimate of drug-likeness (QED) is 0.597. The first-order chi connectivity index (χ1) is 12.3. The van der Waals surface area contributed by atoms with Crippen molar-refractivity contribution in [2.24, 2.45) is 0 Å². The van der Waals surface area contributed by atoms with Gasteiger partial charge in [-0.1, -0.05) is 17.3 Å². The van der Waals surface area contributed by atoms with Crippen LogP contribution in [-0.4, -0.2) is 22.6 Å². The summed E-state index contributed by atoms with van der Waals surface area (Å²) in [6.45, 7) is 0.0547. The summed E-state index contributed by atoms with van der Waals surface area (Å²) in [7, 11) is 0. The second-order valence-corrected chi connectivity index (χ2v) is 8.16. The number of hydrogen-bond donors (Lipinski definition) is 0. The van der Waals surface area contributed by atoms with Crippen LogP contribution in [0.25, 0.3) is 11.5 Å². The van der Waals surface area contributed by atoms with E-state index in [1.807, 2.05) is 47.8 Å². The maximum absolute atomic E-state index is 12.2. The molecule has 3 aromatic rings. The van der Waals surface area contributed by atoms with E-state index in [9.17, 15) is 4.79 Å². The molecule has 7 heteroatoms. The molecule has 5 nitrogen and oxygen atoms in total. The van der Waals surface area contributed by atoms with Crippen LogP contribution < -0.4 is 0 Å². The molecule has 0 radical (unpaired) electrons. The van der Waals surface area contributed by atoms with Gasteiger partial charge in [0.05, 0.1) is 16.4 Å². The molecule has 0 N–H and O–H groups in total. The molecular weight excluding hydrogens is 358 g/mol. The highest BCUT2D eigenvalue weighted by molar-refractivity contribution is 8.19. The predicted octanol–water partition coefficient (Wildman–Crippen LogP) is 4.77. The number of benzene rings is 1. The van der Waals surface area contributed by atoms with E-state index in [0.29, 0.717) is 27.4 Å². The SMILES string of the molecule is O=C(OCc1cc(-c2ccco2)on1)c1ccc(C2SCCS2)cc1. The molecule has 1 aliphatic heterocycles. The zero-order valence-corrected chi connectivity index (χ0v) is 14.8. The number of rotatable bonds is 5. The van der Waals surface area contributed by atoms with Crippen LogP contribution in [0.1, 0.15) is 26.2 Å². The van der Waals surface area contributed by atoms with E-state index in [1.165, 1.54) is 17.1 Å². The van der Waals surface area contributed by atoms with Crippen molar-refractivity contribution >= 4 is 29.5 Å². The van der Waals surface area contributed by atoms with Gasteiger partial charge in [0, 0.05) is 17.6 Å². The number of carbonyl (C=O) groups excluding carboxylic acids is 1. The van der Waals surface area contributed by atoms with Gasteiger partial charge < -0.3 is 13.7 Å². The van der Waals surface area contributed by atoms with Crippen LogP contribution in [0.5, 0.6) is 0 Å². The average molecular weight is 373 g/mol. The third-order valence-electron chi connectivity index (χ3n) is 3.71. The van der Waals surface area contributed by atoms with Crippen molar-refractivity contribution in [3.63, 3.8) is 0 Å². The minimum absolute atomic E-state index is 0.0547. The van der Waals surface area contributed by atoms with Gasteiger partial charge in [-0.05, 0) is 29.8 Å². The number of nitrogens with zero attached hydrogens (tertiary/aromatic N) is 1. The fraction of sp³-hybridized carbons (Fsp3) is 0.222. The minimum atomic E-state index is -0.374. The number of furan rings is 1. The molecule has 0 amide bonds. The van der Waals surface area contributed by atoms with Gasteiger partial charge in [-0.15, -0.1) is 23.5 Å². The first kappa shape index (κ1) is 16.4. The number of aromatic nitrogens is 1. The topological polar surface area (TPSA) is 65.5 Å². The Morgan fingerprint density at radius 3 is 2.68 bits per heavy atom. The van der Waals surface area contributed by atoms with Gasteiger partial charge in [-0.2, -0.15) is 0 Å². The van der Waals surface area contributed by atoms with Crippen LogP contribution in [-0.2, 0) is 11.3 Å². The molecule has 1 fully saturated rings. The average Bonchev–Trinajstić information content (AvgIpc) is 3.42. The smallest absolute Gasteiger partial charge is 0.338 e. The van der Waals surface area contributed by atoms with Gasteiger partial charge in [0.25, 0.3) is 0 Å². The molecule has 4 rings (SSSR count). The molecule has 0 unspecified atom stereocenters. The van der Waals surface area contributed by atoms with Crippen LogP contribution in [0.15, 0.2) is 57.7 Å². The Labute approximate surface area is 153 Å². The van der Waals surface area contributed by atoms with E-state index < -0.39 is 0 Å². The Bertz CT molecular complexity index is 836. The summed E-state index contributed by atoms with van der Waals surface area (Å²) in [6.07, 6.45) is 1.56. The Morgan fingerprint density at radius 2 is 1.96 bits per heavy atom. The molecule has 128 valence electrons. The highest BCUT2D eigenvalue weighted by atomic mass is 32.2. The summed E-state index contributed by atoms with van der Waals surface area (Å²) < 4.78 is 16.2. The number of thioether (sulfide) groups is 2. The predicted molar refractivity (Wildman–Crippen MR) is 97.4 cm³/mol. The number of esters is 1. The largest absolute Gasteiger partial charge is 0.461 e. The van der Waals surface area contributed by atoms with Crippen molar-refractivity contribution in [3.05, 3.63) is 65.5 Å². The van der Waals surface area contributed by atoms with E-state index in [2.05, 4.69) is 5.16 Å². The van der Waals surface area contributed by atoms with Gasteiger partial charge >= 0.3 is 5.97 Å².